The molecule has 2 unspecified atom stereocenters. The molecule has 3 heterocycles. The summed E-state index contributed by atoms with van der Waals surface area (Å²) in [6.07, 6.45) is 7.87. The Morgan fingerprint density at radius 1 is 1.17 bits per heavy atom. The van der Waals surface area contributed by atoms with E-state index in [4.69, 9.17) is 5.26 Å². The summed E-state index contributed by atoms with van der Waals surface area (Å²) in [5, 5.41) is 13.4. The molecule has 2 atom stereocenters. The summed E-state index contributed by atoms with van der Waals surface area (Å²) in [5.74, 6) is 0.0634. The van der Waals surface area contributed by atoms with Crippen LogP contribution in [-0.2, 0) is 0 Å². The molecular formula is C18H18N4O. The van der Waals surface area contributed by atoms with Gasteiger partial charge in [0.05, 0.1) is 17.7 Å². The van der Waals surface area contributed by atoms with E-state index in [0.717, 1.165) is 25.7 Å². The number of amides is 1. The smallest absolute Gasteiger partial charge is 0.254 e. The van der Waals surface area contributed by atoms with E-state index in [9.17, 15) is 4.79 Å². The van der Waals surface area contributed by atoms with E-state index in [1.165, 1.54) is 0 Å². The molecule has 1 aromatic heterocycles. The van der Waals surface area contributed by atoms with Gasteiger partial charge in [0.2, 0.25) is 0 Å². The maximum absolute atomic E-state index is 12.9. The summed E-state index contributed by atoms with van der Waals surface area (Å²) in [5.41, 5.74) is 1.16. The van der Waals surface area contributed by atoms with E-state index >= 15 is 0 Å². The van der Waals surface area contributed by atoms with Crippen LogP contribution in [-0.4, -0.2) is 32.7 Å². The molecule has 2 aliphatic heterocycles. The van der Waals surface area contributed by atoms with Crippen LogP contribution in [0.25, 0.3) is 0 Å². The molecular weight excluding hydrogens is 288 g/mol. The van der Waals surface area contributed by atoms with Crippen LogP contribution in [0.2, 0.25) is 0 Å². The first-order valence-electron chi connectivity index (χ1n) is 8.08. The van der Waals surface area contributed by atoms with Crippen LogP contribution in [0.4, 0.5) is 0 Å². The third-order valence-corrected chi connectivity index (χ3v) is 5.08. The number of piperidine rings is 1. The van der Waals surface area contributed by atoms with Crippen LogP contribution in [0, 0.1) is 11.3 Å². The van der Waals surface area contributed by atoms with Crippen molar-refractivity contribution in [2.75, 3.05) is 0 Å². The molecule has 0 N–H and O–H groups in total. The van der Waals surface area contributed by atoms with E-state index in [1.54, 1.807) is 18.2 Å². The zero-order valence-electron chi connectivity index (χ0n) is 12.8. The number of nitrogens with zero attached hydrogens (tertiary/aromatic N) is 4. The lowest BCUT2D eigenvalue weighted by molar-refractivity contribution is 0.0524. The highest BCUT2D eigenvalue weighted by atomic mass is 16.2. The Hall–Kier alpha value is -2.61. The Morgan fingerprint density at radius 3 is 2.61 bits per heavy atom. The maximum atomic E-state index is 12.9. The molecule has 0 spiro atoms. The fourth-order valence-corrected chi connectivity index (χ4v) is 4.06. The van der Waals surface area contributed by atoms with Gasteiger partial charge in [0, 0.05) is 30.0 Å². The number of hydrogen-bond donors (Lipinski definition) is 0. The molecule has 0 aliphatic carbocycles. The van der Waals surface area contributed by atoms with Crippen LogP contribution < -0.4 is 0 Å². The third-order valence-electron chi connectivity index (χ3n) is 5.08. The van der Waals surface area contributed by atoms with Crippen molar-refractivity contribution in [1.82, 2.24) is 14.7 Å². The number of nitriles is 1. The first-order chi connectivity index (χ1) is 11.3. The fourth-order valence-electron chi connectivity index (χ4n) is 4.06. The highest BCUT2D eigenvalue weighted by Crippen LogP contribution is 2.41. The average Bonchev–Trinajstić information content (AvgIpc) is 3.21. The molecule has 2 fully saturated rings. The van der Waals surface area contributed by atoms with Crippen LogP contribution in [0.15, 0.2) is 42.7 Å². The van der Waals surface area contributed by atoms with Crippen molar-refractivity contribution in [1.29, 1.82) is 5.26 Å². The van der Waals surface area contributed by atoms with Crippen LogP contribution in [0.3, 0.4) is 0 Å². The van der Waals surface area contributed by atoms with Crippen molar-refractivity contribution in [3.8, 4) is 6.07 Å². The van der Waals surface area contributed by atoms with Gasteiger partial charge in [-0.1, -0.05) is 6.07 Å². The molecule has 2 aliphatic rings. The third kappa shape index (κ3) is 2.40. The lowest BCUT2D eigenvalue weighted by atomic mass is 9.96. The topological polar surface area (TPSA) is 61.9 Å². The molecule has 116 valence electrons. The lowest BCUT2D eigenvalue weighted by Crippen LogP contribution is -2.47. The number of carbonyl (C=O) groups is 1. The Labute approximate surface area is 135 Å². The minimum atomic E-state index is 0.0634. The van der Waals surface area contributed by atoms with Gasteiger partial charge in [-0.05, 0) is 49.9 Å². The fraction of sp³-hybridized carbons (Fsp3) is 0.389. The second-order valence-electron chi connectivity index (χ2n) is 6.40. The highest BCUT2D eigenvalue weighted by Gasteiger charge is 2.44. The lowest BCUT2D eigenvalue weighted by Gasteiger charge is -2.39. The molecule has 5 heteroatoms. The van der Waals surface area contributed by atoms with E-state index in [0.29, 0.717) is 17.2 Å². The molecule has 23 heavy (non-hydrogen) atoms. The van der Waals surface area contributed by atoms with E-state index in [-0.39, 0.29) is 18.0 Å². The van der Waals surface area contributed by atoms with E-state index in [2.05, 4.69) is 16.1 Å². The van der Waals surface area contributed by atoms with Crippen molar-refractivity contribution in [3.63, 3.8) is 0 Å². The predicted octanol–water partition coefficient (Wildman–Crippen LogP) is 2.76. The second-order valence-corrected chi connectivity index (χ2v) is 6.40. The van der Waals surface area contributed by atoms with Gasteiger partial charge in [0.15, 0.2) is 0 Å². The number of benzene rings is 1. The number of hydrogen-bond acceptors (Lipinski definition) is 3. The van der Waals surface area contributed by atoms with Gasteiger partial charge in [-0.2, -0.15) is 10.4 Å². The Kier molecular flexibility index (Phi) is 3.38. The van der Waals surface area contributed by atoms with Gasteiger partial charge >= 0.3 is 0 Å². The average molecular weight is 306 g/mol. The van der Waals surface area contributed by atoms with Crippen molar-refractivity contribution < 1.29 is 4.79 Å². The number of carbonyl (C=O) groups excluding carboxylic acids is 1. The summed E-state index contributed by atoms with van der Waals surface area (Å²) in [7, 11) is 0. The van der Waals surface area contributed by atoms with Crippen LogP contribution in [0.1, 0.15) is 47.6 Å². The van der Waals surface area contributed by atoms with E-state index < -0.39 is 0 Å². The second kappa shape index (κ2) is 5.54. The van der Waals surface area contributed by atoms with Crippen molar-refractivity contribution in [2.45, 2.75) is 43.8 Å². The largest absolute Gasteiger partial charge is 0.333 e. The first-order valence-corrected chi connectivity index (χ1v) is 8.08. The molecule has 0 saturated carbocycles. The summed E-state index contributed by atoms with van der Waals surface area (Å²) >= 11 is 0. The van der Waals surface area contributed by atoms with E-state index in [1.807, 2.05) is 29.2 Å². The molecule has 2 saturated heterocycles. The molecule has 1 aromatic carbocycles. The number of fused-ring (bicyclic) bond motifs is 2. The van der Waals surface area contributed by atoms with Gasteiger partial charge in [0.1, 0.15) is 0 Å². The SMILES string of the molecule is N#Cc1cccc(C(=O)N2C3CCC2CC(n2cccn2)C3)c1. The Morgan fingerprint density at radius 2 is 1.96 bits per heavy atom. The van der Waals surface area contributed by atoms with Crippen molar-refractivity contribution >= 4 is 5.91 Å². The molecule has 1 amide bonds. The quantitative estimate of drug-likeness (QED) is 0.857. The normalized spacial score (nSPS) is 26.0. The molecule has 2 aromatic rings. The van der Waals surface area contributed by atoms with Crippen LogP contribution >= 0.6 is 0 Å². The Balaban J connectivity index is 1.57. The standard InChI is InChI=1S/C18H18N4O/c19-12-13-3-1-4-14(9-13)18(23)22-15-5-6-16(22)11-17(10-15)21-8-2-7-20-21/h1-4,7-9,15-17H,5-6,10-11H2. The summed E-state index contributed by atoms with van der Waals surface area (Å²) < 4.78 is 2.03. The molecule has 2 bridgehead atoms. The Bertz CT molecular complexity index is 748. The van der Waals surface area contributed by atoms with Gasteiger partial charge in [-0.25, -0.2) is 0 Å². The number of aromatic nitrogens is 2. The number of rotatable bonds is 2. The summed E-state index contributed by atoms with van der Waals surface area (Å²) in [6.45, 7) is 0. The molecule has 4 rings (SSSR count). The summed E-state index contributed by atoms with van der Waals surface area (Å²) in [6, 6.07) is 12.0. The summed E-state index contributed by atoms with van der Waals surface area (Å²) in [4.78, 5) is 15.0. The van der Waals surface area contributed by atoms with Gasteiger partial charge in [0.25, 0.3) is 5.91 Å². The predicted molar refractivity (Wildman–Crippen MR) is 84.6 cm³/mol. The van der Waals surface area contributed by atoms with Gasteiger partial charge < -0.3 is 4.90 Å². The molecule has 0 radical (unpaired) electrons. The monoisotopic (exact) mass is 306 g/mol. The minimum absolute atomic E-state index is 0.0634. The zero-order valence-corrected chi connectivity index (χ0v) is 12.8. The van der Waals surface area contributed by atoms with Crippen molar-refractivity contribution in [3.05, 3.63) is 53.9 Å². The maximum Gasteiger partial charge on any atom is 0.254 e. The van der Waals surface area contributed by atoms with Gasteiger partial charge in [-0.15, -0.1) is 0 Å². The first kappa shape index (κ1) is 14.0. The van der Waals surface area contributed by atoms with Gasteiger partial charge in [-0.3, -0.25) is 9.48 Å². The zero-order chi connectivity index (χ0) is 15.8. The van der Waals surface area contributed by atoms with Crippen LogP contribution in [0.5, 0.6) is 0 Å². The van der Waals surface area contributed by atoms with Crippen molar-refractivity contribution in [2.24, 2.45) is 0 Å². The highest BCUT2D eigenvalue weighted by molar-refractivity contribution is 5.95. The molecule has 5 nitrogen and oxygen atoms in total. The minimum Gasteiger partial charge on any atom is -0.333 e.